The number of imidazole rings is 1. The fourth-order valence-electron chi connectivity index (χ4n) is 22.2. The molecule has 4 aliphatic rings. The number of hydrogen-bond acceptors (Lipinski definition) is 8. The van der Waals surface area contributed by atoms with Gasteiger partial charge in [-0.3, -0.25) is 14.5 Å². The highest BCUT2D eigenvalue weighted by Crippen LogP contribution is 2.65. The second-order valence-corrected chi connectivity index (χ2v) is 35.7. The Morgan fingerprint density at radius 3 is 1.15 bits per heavy atom. The molecule has 2 spiro atoms. The summed E-state index contributed by atoms with van der Waals surface area (Å²) in [5, 5.41) is 11.1. The average Bonchev–Trinajstić information content (AvgIpc) is 1.52. The number of ether oxygens (including phenoxy) is 2. The van der Waals surface area contributed by atoms with E-state index in [-0.39, 0.29) is 0 Å². The molecule has 25 aromatic rings. The Bertz CT molecular complexity index is 9240. The molecular weight excluding hydrogens is 1670 g/mol. The van der Waals surface area contributed by atoms with Gasteiger partial charge in [0.1, 0.15) is 28.8 Å². The average molecular weight is 1750 g/mol. The number of benzene rings is 21. The molecular formula is C128H79N7O2. The highest BCUT2D eigenvalue weighted by Gasteiger charge is 2.53. The van der Waals surface area contributed by atoms with E-state index in [1.54, 1.807) is 0 Å². The zero-order valence-corrected chi connectivity index (χ0v) is 74.1. The maximum Gasteiger partial charge on any atom is 0.145 e. The molecule has 0 radical (unpaired) electrons. The summed E-state index contributed by atoms with van der Waals surface area (Å²) in [6.07, 6.45) is 3.74. The fraction of sp³-hybridized carbons (Fsp3) is 0.0156. The van der Waals surface area contributed by atoms with Gasteiger partial charge in [-0.15, -0.1) is 0 Å². The van der Waals surface area contributed by atoms with Crippen molar-refractivity contribution in [3.63, 3.8) is 0 Å². The molecule has 0 saturated carbocycles. The third kappa shape index (κ3) is 12.7. The first-order valence-corrected chi connectivity index (χ1v) is 46.6. The number of aromatic nitrogens is 7. The summed E-state index contributed by atoms with van der Waals surface area (Å²) in [6, 6.07) is 166. The Morgan fingerprint density at radius 2 is 0.577 bits per heavy atom. The van der Waals surface area contributed by atoms with Gasteiger partial charge in [0.25, 0.3) is 0 Å². The highest BCUT2D eigenvalue weighted by atomic mass is 16.5. The van der Waals surface area contributed by atoms with E-state index in [0.29, 0.717) is 0 Å². The van der Waals surface area contributed by atoms with Gasteiger partial charge < -0.3 is 9.47 Å². The maximum atomic E-state index is 6.66. The van der Waals surface area contributed by atoms with E-state index >= 15 is 0 Å². The van der Waals surface area contributed by atoms with Crippen LogP contribution in [0.4, 0.5) is 0 Å². The summed E-state index contributed by atoms with van der Waals surface area (Å²) >= 11 is 0. The van der Waals surface area contributed by atoms with Gasteiger partial charge in [-0.2, -0.15) is 0 Å². The smallest absolute Gasteiger partial charge is 0.145 e. The summed E-state index contributed by atoms with van der Waals surface area (Å²) in [5.74, 6) is 4.42. The lowest BCUT2D eigenvalue weighted by Crippen LogP contribution is -2.32. The van der Waals surface area contributed by atoms with Crippen LogP contribution in [0.3, 0.4) is 0 Å². The van der Waals surface area contributed by atoms with Crippen molar-refractivity contribution in [2.45, 2.75) is 10.8 Å². The lowest BCUT2D eigenvalue weighted by Gasteiger charge is -2.39. The van der Waals surface area contributed by atoms with Crippen LogP contribution in [0.1, 0.15) is 44.5 Å². The first-order valence-electron chi connectivity index (χ1n) is 46.6. The highest BCUT2D eigenvalue weighted by molar-refractivity contribution is 6.23. The molecule has 638 valence electrons. The molecule has 4 aromatic heterocycles. The van der Waals surface area contributed by atoms with Crippen molar-refractivity contribution in [1.29, 1.82) is 0 Å². The van der Waals surface area contributed by atoms with Crippen molar-refractivity contribution >= 4 is 87.1 Å². The standard InChI is InChI=1S/C53H34N2.C41H24N4O.C34H21NO/c1-2-16-44(17-3-1)55-50-21-11-10-20-49(50)54-53(55)38-26-22-37(23-27-38)41-30-31-47-48(34-41)52(43-29-25-36-13-5-7-15-40(36)33-43)46-19-9-8-18-45(46)51(47)42-28-24-35-12-4-6-14-39(35)32-42;1-2-10-29-27(9-1)28-19-17-25(37-23-42-33-12-4-6-14-35(33)44-37)21-31(28)41(29)30-11-3-8-16-39(30)46-40-20-18-26(22-32(40)41)38-24-43-34-13-5-7-15-36(34)45-38;1-7-15-30-22(9-1)17-19-31(35-30)23-18-20-33-29(21-23)34(28-14-6-8-16-32(28)36-33)26-12-4-2-10-24(26)25-11-3-5-13-27(25)34/h1-34H;1-24H;1-21H. The van der Waals surface area contributed by atoms with Gasteiger partial charge in [-0.1, -0.05) is 334 Å². The van der Waals surface area contributed by atoms with Crippen LogP contribution in [0.25, 0.3) is 194 Å². The molecule has 6 heterocycles. The van der Waals surface area contributed by atoms with Crippen molar-refractivity contribution < 1.29 is 9.47 Å². The fourth-order valence-corrected chi connectivity index (χ4v) is 22.2. The number of rotatable bonds is 8. The molecule has 21 aromatic carbocycles. The Kier molecular flexibility index (Phi) is 18.3. The number of para-hydroxylation sites is 10. The molecule has 137 heavy (non-hydrogen) atoms. The number of fused-ring (bicyclic) bond motifs is 26. The van der Waals surface area contributed by atoms with Gasteiger partial charge in [-0.05, 0) is 254 Å². The molecule has 1 atom stereocenters. The molecule has 1 unspecified atom stereocenters. The summed E-state index contributed by atoms with van der Waals surface area (Å²) in [4.78, 5) is 29.6. The van der Waals surface area contributed by atoms with Crippen molar-refractivity contribution in [2.75, 3.05) is 0 Å². The summed E-state index contributed by atoms with van der Waals surface area (Å²) in [7, 11) is 0. The summed E-state index contributed by atoms with van der Waals surface area (Å²) in [6.45, 7) is 0. The molecule has 9 nitrogen and oxygen atoms in total. The zero-order chi connectivity index (χ0) is 90.2. The minimum absolute atomic E-state index is 0.454. The molecule has 0 bridgehead atoms. The van der Waals surface area contributed by atoms with Gasteiger partial charge in [0.2, 0.25) is 0 Å². The first kappa shape index (κ1) is 78.6. The molecule has 0 N–H and O–H groups in total. The van der Waals surface area contributed by atoms with Crippen LogP contribution in [-0.4, -0.2) is 34.5 Å². The van der Waals surface area contributed by atoms with Crippen molar-refractivity contribution in [3.05, 3.63) is 524 Å². The van der Waals surface area contributed by atoms with E-state index in [0.717, 1.165) is 140 Å². The molecule has 2 aliphatic carbocycles. The Labute approximate surface area is 789 Å². The van der Waals surface area contributed by atoms with E-state index in [2.05, 4.69) is 411 Å². The van der Waals surface area contributed by atoms with Crippen molar-refractivity contribution in [1.82, 2.24) is 34.5 Å². The van der Waals surface area contributed by atoms with Gasteiger partial charge in [0, 0.05) is 55.6 Å². The van der Waals surface area contributed by atoms with Crippen LogP contribution in [0, 0.1) is 0 Å². The van der Waals surface area contributed by atoms with Crippen LogP contribution in [0.2, 0.25) is 0 Å². The third-order valence-electron chi connectivity index (χ3n) is 28.3. The predicted octanol–water partition coefficient (Wildman–Crippen LogP) is 32.1. The number of nitrogens with zero attached hydrogens (tertiary/aromatic N) is 7. The lowest BCUT2D eigenvalue weighted by atomic mass is 9.65. The summed E-state index contributed by atoms with van der Waals surface area (Å²) < 4.78 is 15.5. The van der Waals surface area contributed by atoms with Crippen LogP contribution in [0.15, 0.2) is 480 Å². The Hall–Kier alpha value is -18.2. The SMILES string of the molecule is c1ccc(-n2c(-c3ccc(-c4ccc5c(-c6ccc7ccccc7c6)c6ccccc6c(-c6ccc7ccccc7c6)c5c4)cc3)nc3ccccc32)cc1.c1ccc2c(c1)Oc1ccc(-c3ccc4ccccc4n3)cc1C21c2ccccc2-c2ccccc21.c1ccc2c(c1)Oc1ccc(-c3cnc4ccccc4n3)cc1C21c2ccccc2-c2ccc(-c3cnc4ccccc4n3)cc21. The molecule has 2 aliphatic heterocycles. The molecule has 0 saturated heterocycles. The van der Waals surface area contributed by atoms with Gasteiger partial charge in [-0.25, -0.2) is 19.9 Å². The monoisotopic (exact) mass is 1750 g/mol. The number of hydrogen-bond donors (Lipinski definition) is 0. The van der Waals surface area contributed by atoms with Gasteiger partial charge in [0.05, 0.1) is 78.9 Å². The number of pyridine rings is 1. The van der Waals surface area contributed by atoms with Crippen LogP contribution in [0.5, 0.6) is 23.0 Å². The largest absolute Gasteiger partial charge is 0.457 e. The molecule has 29 rings (SSSR count). The third-order valence-corrected chi connectivity index (χ3v) is 28.3. The van der Waals surface area contributed by atoms with E-state index in [4.69, 9.17) is 39.4 Å². The van der Waals surface area contributed by atoms with E-state index in [1.165, 1.54) is 121 Å². The second kappa shape index (κ2) is 31.8. The normalized spacial score (nSPS) is 13.6. The maximum absolute atomic E-state index is 6.66. The van der Waals surface area contributed by atoms with Crippen LogP contribution < -0.4 is 9.47 Å². The predicted molar refractivity (Wildman–Crippen MR) is 558 cm³/mol. The topological polar surface area (TPSA) is 101 Å². The van der Waals surface area contributed by atoms with Crippen LogP contribution >= 0.6 is 0 Å². The molecule has 9 heteroatoms. The lowest BCUT2D eigenvalue weighted by molar-refractivity contribution is 0.436. The first-order chi connectivity index (χ1) is 67.9. The van der Waals surface area contributed by atoms with E-state index in [1.807, 2.05) is 73.1 Å². The quantitative estimate of drug-likeness (QED) is 0.139. The summed E-state index contributed by atoms with van der Waals surface area (Å²) in [5.41, 5.74) is 35.2. The minimum Gasteiger partial charge on any atom is -0.457 e. The van der Waals surface area contributed by atoms with Crippen molar-refractivity contribution in [3.8, 4) is 129 Å². The van der Waals surface area contributed by atoms with Crippen molar-refractivity contribution in [2.24, 2.45) is 0 Å². The van der Waals surface area contributed by atoms with Crippen LogP contribution in [-0.2, 0) is 10.8 Å². The Balaban J connectivity index is 0.000000106. The van der Waals surface area contributed by atoms with Gasteiger partial charge >= 0.3 is 0 Å². The van der Waals surface area contributed by atoms with E-state index < -0.39 is 10.8 Å². The Morgan fingerprint density at radius 1 is 0.197 bits per heavy atom. The van der Waals surface area contributed by atoms with Gasteiger partial charge in [0.15, 0.2) is 0 Å². The zero-order valence-electron chi connectivity index (χ0n) is 74.1. The minimum atomic E-state index is -0.628. The molecule has 0 fully saturated rings. The molecule has 0 amide bonds. The van der Waals surface area contributed by atoms with E-state index in [9.17, 15) is 0 Å². The second-order valence-electron chi connectivity index (χ2n) is 35.7.